The summed E-state index contributed by atoms with van der Waals surface area (Å²) < 4.78 is 10.1. The van der Waals surface area contributed by atoms with Crippen LogP contribution in [-0.2, 0) is 0 Å². The van der Waals surface area contributed by atoms with Crippen molar-refractivity contribution in [3.8, 4) is 16.9 Å². The summed E-state index contributed by atoms with van der Waals surface area (Å²) in [6, 6.07) is 5.87. The summed E-state index contributed by atoms with van der Waals surface area (Å²) in [5.41, 5.74) is 8.48. The van der Waals surface area contributed by atoms with Crippen molar-refractivity contribution in [2.24, 2.45) is 0 Å². The lowest BCUT2D eigenvalue weighted by Gasteiger charge is -2.07. The van der Waals surface area contributed by atoms with Gasteiger partial charge in [-0.25, -0.2) is 0 Å². The van der Waals surface area contributed by atoms with Crippen LogP contribution in [-0.4, -0.2) is 12.3 Å². The molecular formula is C11H12N2O2. The molecule has 2 aromatic rings. The second kappa shape index (κ2) is 3.65. The molecule has 0 bridgehead atoms. The molecule has 0 aliphatic rings. The lowest BCUT2D eigenvalue weighted by Crippen LogP contribution is -1.91. The summed E-state index contributed by atoms with van der Waals surface area (Å²) in [5.74, 6) is 1.13. The van der Waals surface area contributed by atoms with E-state index in [1.165, 1.54) is 6.26 Å². The molecule has 0 fully saturated rings. The lowest BCUT2D eigenvalue weighted by molar-refractivity contribution is 0.415. The lowest BCUT2D eigenvalue weighted by atomic mass is 10.0. The number of nitrogens with zero attached hydrogens (tertiary/aromatic N) is 1. The Morgan fingerprint density at radius 2 is 2.13 bits per heavy atom. The van der Waals surface area contributed by atoms with Crippen molar-refractivity contribution >= 4 is 5.82 Å². The van der Waals surface area contributed by atoms with Gasteiger partial charge in [-0.3, -0.25) is 0 Å². The van der Waals surface area contributed by atoms with E-state index in [-0.39, 0.29) is 0 Å². The number of aryl methyl sites for hydroxylation is 1. The minimum Gasteiger partial charge on any atom is -0.496 e. The molecule has 0 atom stereocenters. The van der Waals surface area contributed by atoms with Crippen LogP contribution >= 0.6 is 0 Å². The van der Waals surface area contributed by atoms with Gasteiger partial charge in [0, 0.05) is 5.56 Å². The number of aromatic nitrogens is 1. The Hall–Kier alpha value is -1.97. The topological polar surface area (TPSA) is 61.3 Å². The molecule has 78 valence electrons. The minimum absolute atomic E-state index is 0.374. The monoisotopic (exact) mass is 204 g/mol. The van der Waals surface area contributed by atoms with Gasteiger partial charge in [-0.05, 0) is 19.1 Å². The number of methoxy groups -OCH3 is 1. The molecule has 0 unspecified atom stereocenters. The van der Waals surface area contributed by atoms with Gasteiger partial charge in [0.15, 0.2) is 5.82 Å². The third-order valence-electron chi connectivity index (χ3n) is 2.24. The van der Waals surface area contributed by atoms with Gasteiger partial charge in [-0.1, -0.05) is 16.8 Å². The van der Waals surface area contributed by atoms with E-state index in [2.05, 4.69) is 5.16 Å². The third-order valence-corrected chi connectivity index (χ3v) is 2.24. The molecule has 1 aromatic carbocycles. The summed E-state index contributed by atoms with van der Waals surface area (Å²) >= 11 is 0. The van der Waals surface area contributed by atoms with E-state index in [4.69, 9.17) is 15.0 Å². The maximum Gasteiger partial charge on any atom is 0.174 e. The van der Waals surface area contributed by atoms with Gasteiger partial charge in [0.05, 0.1) is 12.7 Å². The Morgan fingerprint density at radius 3 is 2.73 bits per heavy atom. The number of hydrogen-bond donors (Lipinski definition) is 1. The summed E-state index contributed by atoms with van der Waals surface area (Å²) in [6.45, 7) is 2.01. The molecule has 0 aliphatic heterocycles. The second-order valence-electron chi connectivity index (χ2n) is 3.32. The second-order valence-corrected chi connectivity index (χ2v) is 3.32. The van der Waals surface area contributed by atoms with Gasteiger partial charge in [0.2, 0.25) is 0 Å². The van der Waals surface area contributed by atoms with Crippen LogP contribution < -0.4 is 10.5 Å². The molecule has 0 saturated carbocycles. The predicted octanol–water partition coefficient (Wildman–Crippen LogP) is 2.24. The summed E-state index contributed by atoms with van der Waals surface area (Å²) in [6.07, 6.45) is 1.52. The van der Waals surface area contributed by atoms with E-state index in [1.807, 2.05) is 25.1 Å². The normalized spacial score (nSPS) is 10.3. The maximum atomic E-state index is 5.69. The van der Waals surface area contributed by atoms with Crippen LogP contribution in [0.4, 0.5) is 5.82 Å². The fourth-order valence-electron chi connectivity index (χ4n) is 1.48. The molecule has 1 aromatic heterocycles. The number of rotatable bonds is 2. The zero-order valence-electron chi connectivity index (χ0n) is 8.65. The summed E-state index contributed by atoms with van der Waals surface area (Å²) in [7, 11) is 1.62. The summed E-state index contributed by atoms with van der Waals surface area (Å²) in [5, 5.41) is 3.65. The molecule has 2 N–H and O–H groups in total. The maximum absolute atomic E-state index is 5.69. The fraction of sp³-hybridized carbons (Fsp3) is 0.182. The smallest absolute Gasteiger partial charge is 0.174 e. The van der Waals surface area contributed by atoms with Gasteiger partial charge in [0.25, 0.3) is 0 Å². The number of anilines is 1. The van der Waals surface area contributed by atoms with E-state index in [0.717, 1.165) is 22.4 Å². The minimum atomic E-state index is 0.374. The van der Waals surface area contributed by atoms with E-state index in [0.29, 0.717) is 5.82 Å². The van der Waals surface area contributed by atoms with Crippen LogP contribution in [0, 0.1) is 6.92 Å². The van der Waals surface area contributed by atoms with Crippen LogP contribution in [0.2, 0.25) is 0 Å². The van der Waals surface area contributed by atoms with Crippen molar-refractivity contribution in [3.63, 3.8) is 0 Å². The Kier molecular flexibility index (Phi) is 2.33. The first kappa shape index (κ1) is 9.58. The Balaban J connectivity index is 2.60. The quantitative estimate of drug-likeness (QED) is 0.814. The molecule has 1 heterocycles. The summed E-state index contributed by atoms with van der Waals surface area (Å²) in [4.78, 5) is 0. The first-order valence-electron chi connectivity index (χ1n) is 4.57. The molecule has 0 spiro atoms. The first-order chi connectivity index (χ1) is 7.22. The number of nitrogens with two attached hydrogens (primary N) is 1. The van der Waals surface area contributed by atoms with E-state index >= 15 is 0 Å². The highest BCUT2D eigenvalue weighted by Crippen LogP contribution is 2.33. The van der Waals surface area contributed by atoms with Gasteiger partial charge in [0.1, 0.15) is 12.0 Å². The highest BCUT2D eigenvalue weighted by molar-refractivity contribution is 5.77. The van der Waals surface area contributed by atoms with Crippen LogP contribution in [0.15, 0.2) is 29.0 Å². The first-order valence-corrected chi connectivity index (χ1v) is 4.57. The standard InChI is InChI=1S/C11H12N2O2/c1-7-3-4-10(14-2)8(5-7)9-6-15-13-11(9)12/h3-6H,1-2H3,(H2,12,13). The molecule has 0 radical (unpaired) electrons. The van der Waals surface area contributed by atoms with E-state index in [1.54, 1.807) is 7.11 Å². The Bertz CT molecular complexity index is 477. The molecular weight excluding hydrogens is 192 g/mol. The third kappa shape index (κ3) is 1.66. The van der Waals surface area contributed by atoms with Crippen LogP contribution in [0.3, 0.4) is 0 Å². The van der Waals surface area contributed by atoms with Gasteiger partial charge >= 0.3 is 0 Å². The van der Waals surface area contributed by atoms with Crippen molar-refractivity contribution < 1.29 is 9.26 Å². The fourth-order valence-corrected chi connectivity index (χ4v) is 1.48. The van der Waals surface area contributed by atoms with E-state index in [9.17, 15) is 0 Å². The van der Waals surface area contributed by atoms with Crippen molar-refractivity contribution in [2.45, 2.75) is 6.92 Å². The van der Waals surface area contributed by atoms with Gasteiger partial charge in [-0.15, -0.1) is 0 Å². The zero-order valence-corrected chi connectivity index (χ0v) is 8.65. The molecule has 0 saturated heterocycles. The van der Waals surface area contributed by atoms with Gasteiger partial charge in [-0.2, -0.15) is 0 Å². The molecule has 4 nitrogen and oxygen atoms in total. The van der Waals surface area contributed by atoms with Crippen LogP contribution in [0.25, 0.3) is 11.1 Å². The van der Waals surface area contributed by atoms with Crippen LogP contribution in [0.1, 0.15) is 5.56 Å². The number of ether oxygens (including phenoxy) is 1. The van der Waals surface area contributed by atoms with E-state index < -0.39 is 0 Å². The zero-order chi connectivity index (χ0) is 10.8. The molecule has 0 amide bonds. The van der Waals surface area contributed by atoms with Crippen molar-refractivity contribution in [2.75, 3.05) is 12.8 Å². The number of nitrogen functional groups attached to an aromatic ring is 1. The average molecular weight is 204 g/mol. The molecule has 0 aliphatic carbocycles. The largest absolute Gasteiger partial charge is 0.496 e. The molecule has 15 heavy (non-hydrogen) atoms. The Labute approximate surface area is 87.6 Å². The molecule has 2 rings (SSSR count). The molecule has 4 heteroatoms. The van der Waals surface area contributed by atoms with Crippen molar-refractivity contribution in [1.29, 1.82) is 0 Å². The predicted molar refractivity (Wildman–Crippen MR) is 57.6 cm³/mol. The highest BCUT2D eigenvalue weighted by Gasteiger charge is 2.12. The van der Waals surface area contributed by atoms with Gasteiger partial charge < -0.3 is 15.0 Å². The highest BCUT2D eigenvalue weighted by atomic mass is 16.5. The Morgan fingerprint density at radius 1 is 1.33 bits per heavy atom. The number of hydrogen-bond acceptors (Lipinski definition) is 4. The van der Waals surface area contributed by atoms with Crippen LogP contribution in [0.5, 0.6) is 5.75 Å². The average Bonchev–Trinajstić information content (AvgIpc) is 2.64. The SMILES string of the molecule is COc1ccc(C)cc1-c1conc1N. The van der Waals surface area contributed by atoms with Crippen molar-refractivity contribution in [3.05, 3.63) is 30.0 Å². The van der Waals surface area contributed by atoms with Crippen molar-refractivity contribution in [1.82, 2.24) is 5.16 Å². The number of benzene rings is 1.